The topological polar surface area (TPSA) is 134 Å². The third-order valence-corrected chi connectivity index (χ3v) is 8.04. The van der Waals surface area contributed by atoms with Gasteiger partial charge in [-0.1, -0.05) is 23.7 Å². The molecule has 2 fully saturated rings. The maximum Gasteiger partial charge on any atom is 0.417 e. The van der Waals surface area contributed by atoms with Gasteiger partial charge in [0.05, 0.1) is 29.4 Å². The minimum atomic E-state index is -4.59. The Hall–Kier alpha value is -3.74. The van der Waals surface area contributed by atoms with E-state index in [0.717, 1.165) is 12.5 Å². The van der Waals surface area contributed by atoms with Crippen LogP contribution in [0.5, 0.6) is 0 Å². The third-order valence-electron chi connectivity index (χ3n) is 7.59. The number of hydrogen-bond donors (Lipinski definition) is 2. The second kappa shape index (κ2) is 9.97. The summed E-state index contributed by atoms with van der Waals surface area (Å²) >= 11 is 6.04. The van der Waals surface area contributed by atoms with Gasteiger partial charge in [-0.25, -0.2) is 9.48 Å². The number of halogens is 4. The van der Waals surface area contributed by atoms with Crippen molar-refractivity contribution in [3.63, 3.8) is 0 Å². The summed E-state index contributed by atoms with van der Waals surface area (Å²) in [4.78, 5) is 26.6. The Morgan fingerprint density at radius 3 is 2.56 bits per heavy atom. The van der Waals surface area contributed by atoms with E-state index in [1.807, 2.05) is 20.8 Å². The SMILES string of the molecule is CC(C)(C)OC(=O)N1CCC2(CC(n3nc(-c4cnn(Cc5cccc(C(F)(F)F)c5Cl)c4)c(C(N)=O)c3N)C2)C1. The highest BCUT2D eigenvalue weighted by atomic mass is 35.5. The number of anilines is 1. The second-order valence-corrected chi connectivity index (χ2v) is 12.2. The fraction of sp³-hybridized carbons (Fsp3) is 0.481. The van der Waals surface area contributed by atoms with E-state index in [0.29, 0.717) is 31.5 Å². The first-order valence-electron chi connectivity index (χ1n) is 13.1. The first kappa shape index (κ1) is 28.8. The van der Waals surface area contributed by atoms with Gasteiger partial charge in [-0.15, -0.1) is 0 Å². The highest BCUT2D eigenvalue weighted by molar-refractivity contribution is 6.32. The normalized spacial score (nSPS) is 20.9. The van der Waals surface area contributed by atoms with Crippen LogP contribution in [0.3, 0.4) is 0 Å². The van der Waals surface area contributed by atoms with Gasteiger partial charge in [0, 0.05) is 24.8 Å². The van der Waals surface area contributed by atoms with Crippen LogP contribution in [0.2, 0.25) is 5.02 Å². The van der Waals surface area contributed by atoms with Crippen molar-refractivity contribution in [1.82, 2.24) is 24.5 Å². The summed E-state index contributed by atoms with van der Waals surface area (Å²) in [5.41, 5.74) is 11.4. The van der Waals surface area contributed by atoms with E-state index < -0.39 is 28.3 Å². The van der Waals surface area contributed by atoms with Gasteiger partial charge in [-0.05, 0) is 57.1 Å². The van der Waals surface area contributed by atoms with Crippen LogP contribution in [0.1, 0.15) is 67.6 Å². The summed E-state index contributed by atoms with van der Waals surface area (Å²) in [5, 5.41) is 8.45. The molecule has 1 spiro atoms. The zero-order chi connectivity index (χ0) is 29.9. The fourth-order valence-corrected chi connectivity index (χ4v) is 5.99. The zero-order valence-corrected chi connectivity index (χ0v) is 23.6. The largest absolute Gasteiger partial charge is 0.444 e. The highest BCUT2D eigenvalue weighted by Gasteiger charge is 2.51. The summed E-state index contributed by atoms with van der Waals surface area (Å²) in [6.45, 7) is 6.62. The molecule has 0 radical (unpaired) electrons. The molecule has 1 aromatic carbocycles. The number of ether oxygens (including phenoxy) is 1. The van der Waals surface area contributed by atoms with Crippen molar-refractivity contribution < 1.29 is 27.5 Å². The fourth-order valence-electron chi connectivity index (χ4n) is 5.70. The van der Waals surface area contributed by atoms with E-state index in [9.17, 15) is 22.8 Å². The lowest BCUT2D eigenvalue weighted by Gasteiger charge is -2.45. The summed E-state index contributed by atoms with van der Waals surface area (Å²) in [6.07, 6.45) is 0.315. The molecular weight excluding hydrogens is 563 g/mol. The number of nitrogens with zero attached hydrogens (tertiary/aromatic N) is 5. The number of nitrogens with two attached hydrogens (primary N) is 2. The molecule has 41 heavy (non-hydrogen) atoms. The lowest BCUT2D eigenvalue weighted by molar-refractivity contribution is -0.137. The smallest absolute Gasteiger partial charge is 0.417 e. The van der Waals surface area contributed by atoms with Crippen molar-refractivity contribution in [1.29, 1.82) is 0 Å². The highest BCUT2D eigenvalue weighted by Crippen LogP contribution is 2.55. The molecule has 5 rings (SSSR count). The van der Waals surface area contributed by atoms with E-state index in [4.69, 9.17) is 27.8 Å². The Bertz CT molecular complexity index is 1500. The summed E-state index contributed by atoms with van der Waals surface area (Å²) in [5.74, 6) is -0.633. The van der Waals surface area contributed by atoms with Gasteiger partial charge in [0.15, 0.2) is 0 Å². The lowest BCUT2D eigenvalue weighted by Crippen LogP contribution is -2.43. The number of carbonyl (C=O) groups excluding carboxylic acids is 2. The van der Waals surface area contributed by atoms with Crippen molar-refractivity contribution >= 4 is 29.4 Å². The number of aromatic nitrogens is 4. The van der Waals surface area contributed by atoms with E-state index >= 15 is 0 Å². The number of primary amides is 1. The summed E-state index contributed by atoms with van der Waals surface area (Å²) in [7, 11) is 0. The molecule has 2 aromatic heterocycles. The molecule has 1 aliphatic carbocycles. The number of benzene rings is 1. The number of rotatable bonds is 5. The van der Waals surface area contributed by atoms with Crippen LogP contribution in [0, 0.1) is 5.41 Å². The molecule has 14 heteroatoms. The van der Waals surface area contributed by atoms with Gasteiger partial charge in [-0.2, -0.15) is 23.4 Å². The van der Waals surface area contributed by atoms with Crippen molar-refractivity contribution in [3.05, 3.63) is 52.3 Å². The molecule has 10 nitrogen and oxygen atoms in total. The summed E-state index contributed by atoms with van der Waals surface area (Å²) in [6, 6.07) is 3.59. The molecular formula is C27H31ClF3N7O3. The predicted octanol–water partition coefficient (Wildman–Crippen LogP) is 5.11. The van der Waals surface area contributed by atoms with E-state index in [1.54, 1.807) is 15.8 Å². The van der Waals surface area contributed by atoms with Gasteiger partial charge in [-0.3, -0.25) is 9.48 Å². The van der Waals surface area contributed by atoms with Crippen molar-refractivity contribution in [2.45, 2.75) is 64.4 Å². The Kier molecular flexibility index (Phi) is 6.99. The Labute approximate surface area is 239 Å². The Morgan fingerprint density at radius 2 is 1.93 bits per heavy atom. The maximum absolute atomic E-state index is 13.3. The molecule has 4 N–H and O–H groups in total. The second-order valence-electron chi connectivity index (χ2n) is 11.8. The number of alkyl halides is 3. The molecule has 1 aliphatic heterocycles. The molecule has 1 saturated carbocycles. The molecule has 1 saturated heterocycles. The molecule has 2 aliphatic rings. The molecule has 2 amide bonds. The van der Waals surface area contributed by atoms with Crippen LogP contribution in [0.4, 0.5) is 23.8 Å². The van der Waals surface area contributed by atoms with Crippen LogP contribution in [0.15, 0.2) is 30.6 Å². The summed E-state index contributed by atoms with van der Waals surface area (Å²) < 4.78 is 48.3. The predicted molar refractivity (Wildman–Crippen MR) is 145 cm³/mol. The average molecular weight is 594 g/mol. The Balaban J connectivity index is 1.34. The Morgan fingerprint density at radius 1 is 1.22 bits per heavy atom. The molecule has 0 bridgehead atoms. The molecule has 0 unspecified atom stereocenters. The van der Waals surface area contributed by atoms with Gasteiger partial charge < -0.3 is 21.1 Å². The van der Waals surface area contributed by atoms with Gasteiger partial charge in [0.1, 0.15) is 22.7 Å². The number of amides is 2. The van der Waals surface area contributed by atoms with Crippen LogP contribution in [-0.2, 0) is 17.5 Å². The van der Waals surface area contributed by atoms with Gasteiger partial charge >= 0.3 is 12.3 Å². The van der Waals surface area contributed by atoms with Gasteiger partial charge in [0.25, 0.3) is 5.91 Å². The molecule has 220 valence electrons. The third kappa shape index (κ3) is 5.59. The standard InChI is InChI=1S/C27H31ClF3N7O3/c1-25(2,3)41-24(40)36-8-7-26(14-36)9-17(10-26)38-22(32)19(23(33)39)21(35-38)16-11-34-37(13-16)12-15-5-4-6-18(20(15)28)27(29,30)31/h4-6,11,13,17H,7-10,12,14,32H2,1-3H3,(H2,33,39). The van der Waals surface area contributed by atoms with E-state index in [2.05, 4.69) is 10.2 Å². The average Bonchev–Trinajstić information content (AvgIpc) is 3.54. The number of likely N-dealkylation sites (tertiary alicyclic amines) is 1. The quantitative estimate of drug-likeness (QED) is 0.422. The number of nitrogen functional groups attached to an aromatic ring is 1. The van der Waals surface area contributed by atoms with Crippen LogP contribution < -0.4 is 11.5 Å². The van der Waals surface area contributed by atoms with E-state index in [-0.39, 0.29) is 46.7 Å². The van der Waals surface area contributed by atoms with E-state index in [1.165, 1.54) is 23.0 Å². The van der Waals surface area contributed by atoms with Crippen LogP contribution >= 0.6 is 11.6 Å². The molecule has 3 aromatic rings. The van der Waals surface area contributed by atoms with Crippen molar-refractivity contribution in [2.24, 2.45) is 11.1 Å². The van der Waals surface area contributed by atoms with Crippen LogP contribution in [0.25, 0.3) is 11.3 Å². The zero-order valence-electron chi connectivity index (χ0n) is 22.8. The maximum atomic E-state index is 13.3. The lowest BCUT2D eigenvalue weighted by atomic mass is 9.65. The monoisotopic (exact) mass is 593 g/mol. The van der Waals surface area contributed by atoms with Crippen molar-refractivity contribution in [3.8, 4) is 11.3 Å². The van der Waals surface area contributed by atoms with Crippen molar-refractivity contribution in [2.75, 3.05) is 18.8 Å². The first-order chi connectivity index (χ1) is 19.1. The first-order valence-corrected chi connectivity index (χ1v) is 13.5. The van der Waals surface area contributed by atoms with Gasteiger partial charge in [0.2, 0.25) is 0 Å². The molecule has 3 heterocycles. The minimum absolute atomic E-state index is 0.0376. The minimum Gasteiger partial charge on any atom is -0.444 e. The molecule has 0 atom stereocenters. The van der Waals surface area contributed by atoms with Crippen LogP contribution in [-0.4, -0.2) is 55.2 Å². The number of carbonyl (C=O) groups is 2. The number of hydrogen-bond acceptors (Lipinski definition) is 6.